The molecule has 0 unspecified atom stereocenters. The number of ether oxygens (including phenoxy) is 1. The Morgan fingerprint density at radius 1 is 1.13 bits per heavy atom. The van der Waals surface area contributed by atoms with Gasteiger partial charge in [0.15, 0.2) is 5.13 Å². The van der Waals surface area contributed by atoms with Crippen LogP contribution in [0.2, 0.25) is 0 Å². The van der Waals surface area contributed by atoms with Gasteiger partial charge in [-0.2, -0.15) is 4.98 Å². The Hall–Kier alpha value is -2.54. The maximum absolute atomic E-state index is 5.53. The van der Waals surface area contributed by atoms with Crippen LogP contribution in [0, 0.1) is 6.92 Å². The molecule has 3 rings (SSSR count). The van der Waals surface area contributed by atoms with Crippen molar-refractivity contribution in [3.8, 4) is 16.6 Å². The molecule has 0 aromatic carbocycles. The van der Waals surface area contributed by atoms with E-state index in [2.05, 4.69) is 25.3 Å². The molecule has 0 aliphatic heterocycles. The van der Waals surface area contributed by atoms with Gasteiger partial charge in [-0.1, -0.05) is 17.4 Å². The van der Waals surface area contributed by atoms with Gasteiger partial charge in [-0.25, -0.2) is 9.97 Å². The Morgan fingerprint density at radius 3 is 2.74 bits per heavy atom. The predicted octanol–water partition coefficient (Wildman–Crippen LogP) is 3.83. The number of thiazole rings is 1. The minimum absolute atomic E-state index is 0.0289. The van der Waals surface area contributed by atoms with Crippen LogP contribution >= 0.6 is 11.3 Å². The highest BCUT2D eigenvalue weighted by atomic mass is 32.1. The monoisotopic (exact) mass is 327 g/mol. The van der Waals surface area contributed by atoms with Crippen LogP contribution in [-0.4, -0.2) is 26.0 Å². The van der Waals surface area contributed by atoms with E-state index in [1.165, 1.54) is 11.3 Å². The molecule has 0 spiro atoms. The van der Waals surface area contributed by atoms with Crippen LogP contribution in [0.3, 0.4) is 0 Å². The lowest BCUT2D eigenvalue weighted by Gasteiger charge is -2.10. The molecule has 0 saturated carbocycles. The summed E-state index contributed by atoms with van der Waals surface area (Å²) in [5.74, 6) is 0.692. The fraction of sp³-hybridized carbons (Fsp3) is 0.250. The highest BCUT2D eigenvalue weighted by Crippen LogP contribution is 2.29. The molecule has 0 bridgehead atoms. The second kappa shape index (κ2) is 6.70. The van der Waals surface area contributed by atoms with Gasteiger partial charge in [0.25, 0.3) is 0 Å². The van der Waals surface area contributed by atoms with Crippen LogP contribution in [0.4, 0.5) is 10.9 Å². The van der Waals surface area contributed by atoms with Crippen molar-refractivity contribution in [1.29, 1.82) is 0 Å². The smallest absolute Gasteiger partial charge is 0.318 e. The summed E-state index contributed by atoms with van der Waals surface area (Å²) in [6.45, 7) is 5.82. The largest absolute Gasteiger partial charge is 0.461 e. The van der Waals surface area contributed by atoms with E-state index in [4.69, 9.17) is 4.74 Å². The summed E-state index contributed by atoms with van der Waals surface area (Å²) in [4.78, 5) is 18.3. The molecular weight excluding hydrogens is 310 g/mol. The van der Waals surface area contributed by atoms with Gasteiger partial charge in [0.1, 0.15) is 5.82 Å². The Morgan fingerprint density at radius 2 is 2.00 bits per heavy atom. The van der Waals surface area contributed by atoms with Crippen molar-refractivity contribution in [2.75, 3.05) is 5.32 Å². The van der Waals surface area contributed by atoms with Gasteiger partial charge in [0.05, 0.1) is 16.7 Å². The third-order valence-electron chi connectivity index (χ3n) is 2.94. The van der Waals surface area contributed by atoms with Gasteiger partial charge in [0, 0.05) is 24.2 Å². The van der Waals surface area contributed by atoms with Crippen molar-refractivity contribution in [1.82, 2.24) is 19.9 Å². The SMILES string of the molecule is Cc1cnc(OC(C)C)nc1Nc1ncc(-c2ccccn2)s1. The van der Waals surface area contributed by atoms with E-state index in [0.717, 1.165) is 21.3 Å². The van der Waals surface area contributed by atoms with Crippen molar-refractivity contribution in [2.45, 2.75) is 26.9 Å². The Balaban J connectivity index is 1.81. The summed E-state index contributed by atoms with van der Waals surface area (Å²) in [5.41, 5.74) is 1.83. The predicted molar refractivity (Wildman–Crippen MR) is 91.2 cm³/mol. The molecular formula is C16H17N5OS. The van der Waals surface area contributed by atoms with Crippen LogP contribution in [-0.2, 0) is 0 Å². The first-order valence-electron chi connectivity index (χ1n) is 7.26. The average Bonchev–Trinajstić information content (AvgIpc) is 3.00. The lowest BCUT2D eigenvalue weighted by molar-refractivity contribution is 0.222. The molecule has 7 heteroatoms. The molecule has 0 saturated heterocycles. The molecule has 1 N–H and O–H groups in total. The van der Waals surface area contributed by atoms with Gasteiger partial charge >= 0.3 is 6.01 Å². The van der Waals surface area contributed by atoms with Crippen LogP contribution in [0.5, 0.6) is 6.01 Å². The van der Waals surface area contributed by atoms with Crippen LogP contribution < -0.4 is 10.1 Å². The maximum Gasteiger partial charge on any atom is 0.318 e. The molecule has 118 valence electrons. The van der Waals surface area contributed by atoms with Gasteiger partial charge in [-0.15, -0.1) is 0 Å². The molecule has 3 heterocycles. The van der Waals surface area contributed by atoms with Gasteiger partial charge in [-0.05, 0) is 32.9 Å². The molecule has 23 heavy (non-hydrogen) atoms. The van der Waals surface area contributed by atoms with Gasteiger partial charge < -0.3 is 10.1 Å². The molecule has 0 amide bonds. The van der Waals surface area contributed by atoms with Crippen LogP contribution in [0.15, 0.2) is 36.8 Å². The highest BCUT2D eigenvalue weighted by molar-refractivity contribution is 7.18. The molecule has 0 fully saturated rings. The number of anilines is 2. The summed E-state index contributed by atoms with van der Waals surface area (Å²) in [5, 5.41) is 3.98. The number of rotatable bonds is 5. The number of hydrogen-bond acceptors (Lipinski definition) is 7. The van der Waals surface area contributed by atoms with Gasteiger partial charge in [-0.3, -0.25) is 4.98 Å². The third kappa shape index (κ3) is 3.81. The van der Waals surface area contributed by atoms with Crippen molar-refractivity contribution in [2.24, 2.45) is 0 Å². The van der Waals surface area contributed by atoms with Gasteiger partial charge in [0.2, 0.25) is 0 Å². The Kier molecular flexibility index (Phi) is 4.47. The molecule has 0 radical (unpaired) electrons. The summed E-state index contributed by atoms with van der Waals surface area (Å²) in [6.07, 6.45) is 5.34. The van der Waals surface area contributed by atoms with E-state index in [-0.39, 0.29) is 6.10 Å². The van der Waals surface area contributed by atoms with Crippen molar-refractivity contribution >= 4 is 22.3 Å². The Bertz CT molecular complexity index is 788. The standard InChI is InChI=1S/C16H17N5OS/c1-10(2)22-15-18-8-11(3)14(20-15)21-16-19-9-13(23-16)12-6-4-5-7-17-12/h4-10H,1-3H3,(H,18,19,20,21). The molecule has 6 nitrogen and oxygen atoms in total. The third-order valence-corrected chi connectivity index (χ3v) is 3.87. The van der Waals surface area contributed by atoms with E-state index in [1.807, 2.05) is 39.0 Å². The first-order valence-corrected chi connectivity index (χ1v) is 8.08. The molecule has 3 aromatic heterocycles. The molecule has 0 aliphatic rings. The lowest BCUT2D eigenvalue weighted by atomic mass is 10.3. The zero-order chi connectivity index (χ0) is 16.2. The topological polar surface area (TPSA) is 72.8 Å². The summed E-state index contributed by atoms with van der Waals surface area (Å²) < 4.78 is 5.53. The Labute approximate surface area is 138 Å². The number of nitrogens with zero attached hydrogens (tertiary/aromatic N) is 4. The zero-order valence-electron chi connectivity index (χ0n) is 13.1. The minimum atomic E-state index is 0.0289. The second-order valence-electron chi connectivity index (χ2n) is 5.22. The first-order chi connectivity index (χ1) is 11.1. The van der Waals surface area contributed by atoms with E-state index < -0.39 is 0 Å². The van der Waals surface area contributed by atoms with Crippen LogP contribution in [0.1, 0.15) is 19.4 Å². The van der Waals surface area contributed by atoms with E-state index in [9.17, 15) is 0 Å². The number of aromatic nitrogens is 4. The van der Waals surface area contributed by atoms with Crippen molar-refractivity contribution in [3.05, 3.63) is 42.4 Å². The van der Waals surface area contributed by atoms with Crippen molar-refractivity contribution < 1.29 is 4.74 Å². The van der Waals surface area contributed by atoms with E-state index in [1.54, 1.807) is 18.6 Å². The molecule has 0 aliphatic carbocycles. The maximum atomic E-state index is 5.53. The number of nitrogens with one attached hydrogen (secondary N) is 1. The summed E-state index contributed by atoms with van der Waals surface area (Å²) in [6, 6.07) is 6.17. The lowest BCUT2D eigenvalue weighted by Crippen LogP contribution is -2.09. The molecule has 3 aromatic rings. The number of aryl methyl sites for hydroxylation is 1. The fourth-order valence-corrected chi connectivity index (χ4v) is 2.67. The first kappa shape index (κ1) is 15.4. The quantitative estimate of drug-likeness (QED) is 0.767. The second-order valence-corrected chi connectivity index (χ2v) is 6.25. The van der Waals surface area contributed by atoms with Crippen LogP contribution in [0.25, 0.3) is 10.6 Å². The number of pyridine rings is 1. The van der Waals surface area contributed by atoms with Crippen molar-refractivity contribution in [3.63, 3.8) is 0 Å². The summed E-state index contributed by atoms with van der Waals surface area (Å²) in [7, 11) is 0. The van der Waals surface area contributed by atoms with E-state index >= 15 is 0 Å². The summed E-state index contributed by atoms with van der Waals surface area (Å²) >= 11 is 1.52. The molecule has 0 atom stereocenters. The fourth-order valence-electron chi connectivity index (χ4n) is 1.88. The minimum Gasteiger partial charge on any atom is -0.461 e. The van der Waals surface area contributed by atoms with E-state index in [0.29, 0.717) is 11.8 Å². The average molecular weight is 327 g/mol. The number of hydrogen-bond donors (Lipinski definition) is 1. The zero-order valence-corrected chi connectivity index (χ0v) is 14.0. The highest BCUT2D eigenvalue weighted by Gasteiger charge is 2.10. The normalized spacial score (nSPS) is 10.8.